The molecule has 10 aromatic rings. The standard InChI is InChI=1S/C48H32N2OS/c1-2-12-35(31-23-21-30(22-24-31)33-25-26-38-37-16-9-11-20-44(37)52-45(38)29-33)43-28-34-27-41(36-15-6-7-17-39(36)47(34)51-43)48-49-42-19-10-8-18-40(42)46(50-48)32-13-4-3-5-14-32/h3-29H,2H2,1H3/b35-12-. The van der Waals surface area contributed by atoms with E-state index in [0.717, 1.165) is 72.8 Å². The zero-order valence-corrected chi connectivity index (χ0v) is 29.3. The number of allylic oxidation sites excluding steroid dienone is 1. The predicted molar refractivity (Wildman–Crippen MR) is 220 cm³/mol. The monoisotopic (exact) mass is 684 g/mol. The predicted octanol–water partition coefficient (Wildman–Crippen LogP) is 13.7. The van der Waals surface area contributed by atoms with E-state index in [9.17, 15) is 0 Å². The van der Waals surface area contributed by atoms with Crippen LogP contribution in [0.2, 0.25) is 0 Å². The number of para-hydroxylation sites is 1. The number of thiophene rings is 1. The van der Waals surface area contributed by atoms with Gasteiger partial charge >= 0.3 is 0 Å². The lowest BCUT2D eigenvalue weighted by Gasteiger charge is -2.11. The average Bonchev–Trinajstić information content (AvgIpc) is 3.81. The highest BCUT2D eigenvalue weighted by Crippen LogP contribution is 2.40. The minimum Gasteiger partial charge on any atom is -0.455 e. The Morgan fingerprint density at radius 3 is 2.10 bits per heavy atom. The van der Waals surface area contributed by atoms with Crippen molar-refractivity contribution in [2.75, 3.05) is 0 Å². The summed E-state index contributed by atoms with van der Waals surface area (Å²) in [6, 6.07) is 55.8. The lowest BCUT2D eigenvalue weighted by atomic mass is 9.97. The average molecular weight is 685 g/mol. The molecule has 0 aliphatic rings. The molecule has 0 radical (unpaired) electrons. The SMILES string of the molecule is CC/C=C(/c1ccc(-c2ccc3c(c2)sc2ccccc23)cc1)c1cc2cc(-c3nc(-c4ccccc4)c4ccccc4n3)c3ccccc3c2o1. The fraction of sp³-hybridized carbons (Fsp3) is 0.0417. The van der Waals surface area contributed by atoms with Crippen LogP contribution in [0.4, 0.5) is 0 Å². The minimum absolute atomic E-state index is 0.701. The van der Waals surface area contributed by atoms with Crippen LogP contribution >= 0.6 is 11.3 Å². The summed E-state index contributed by atoms with van der Waals surface area (Å²) in [7, 11) is 0. The molecule has 0 saturated heterocycles. The van der Waals surface area contributed by atoms with Crippen LogP contribution in [0.1, 0.15) is 24.7 Å². The number of hydrogen-bond acceptors (Lipinski definition) is 4. The number of nitrogens with zero attached hydrogens (tertiary/aromatic N) is 2. The summed E-state index contributed by atoms with van der Waals surface area (Å²) in [6.45, 7) is 2.17. The minimum atomic E-state index is 0.701. The molecular formula is C48H32N2OS. The molecule has 0 aliphatic heterocycles. The van der Waals surface area contributed by atoms with Crippen LogP contribution in [-0.4, -0.2) is 9.97 Å². The van der Waals surface area contributed by atoms with Gasteiger partial charge in [-0.05, 0) is 58.8 Å². The van der Waals surface area contributed by atoms with Gasteiger partial charge in [-0.15, -0.1) is 11.3 Å². The van der Waals surface area contributed by atoms with E-state index in [-0.39, 0.29) is 0 Å². The molecule has 10 rings (SSSR count). The van der Waals surface area contributed by atoms with Gasteiger partial charge in [-0.3, -0.25) is 0 Å². The summed E-state index contributed by atoms with van der Waals surface area (Å²) >= 11 is 1.86. The normalized spacial score (nSPS) is 12.1. The van der Waals surface area contributed by atoms with Gasteiger partial charge in [0.15, 0.2) is 5.82 Å². The quantitative estimate of drug-likeness (QED) is 0.175. The van der Waals surface area contributed by atoms with Gasteiger partial charge in [-0.1, -0.05) is 140 Å². The van der Waals surface area contributed by atoms with Crippen LogP contribution in [0.25, 0.3) is 92.2 Å². The number of benzene rings is 7. The Bertz CT molecular complexity index is 2990. The van der Waals surface area contributed by atoms with Crippen molar-refractivity contribution < 1.29 is 4.42 Å². The Morgan fingerprint density at radius 2 is 1.27 bits per heavy atom. The van der Waals surface area contributed by atoms with Crippen molar-refractivity contribution in [1.29, 1.82) is 0 Å². The molecule has 0 atom stereocenters. The van der Waals surface area contributed by atoms with Crippen molar-refractivity contribution in [2.45, 2.75) is 13.3 Å². The van der Waals surface area contributed by atoms with Crippen LogP contribution in [-0.2, 0) is 0 Å². The molecule has 0 saturated carbocycles. The summed E-state index contributed by atoms with van der Waals surface area (Å²) in [5.41, 5.74) is 9.41. The third-order valence-electron chi connectivity index (χ3n) is 10.00. The van der Waals surface area contributed by atoms with Gasteiger partial charge in [0.25, 0.3) is 0 Å². The second-order valence-electron chi connectivity index (χ2n) is 13.2. The maximum atomic E-state index is 6.79. The van der Waals surface area contributed by atoms with Gasteiger partial charge in [0.1, 0.15) is 11.3 Å². The number of fused-ring (bicyclic) bond motifs is 7. The van der Waals surface area contributed by atoms with Crippen molar-refractivity contribution >= 4 is 69.7 Å². The third-order valence-corrected chi connectivity index (χ3v) is 11.1. The van der Waals surface area contributed by atoms with Crippen molar-refractivity contribution in [1.82, 2.24) is 9.97 Å². The van der Waals surface area contributed by atoms with Gasteiger partial charge in [0.2, 0.25) is 0 Å². The number of aromatic nitrogens is 2. The van der Waals surface area contributed by atoms with Crippen molar-refractivity contribution in [3.63, 3.8) is 0 Å². The molecule has 4 heteroatoms. The van der Waals surface area contributed by atoms with E-state index in [1.807, 2.05) is 29.5 Å². The molecule has 0 bridgehead atoms. The summed E-state index contributed by atoms with van der Waals surface area (Å²) in [5, 5.41) is 6.81. The van der Waals surface area contributed by atoms with Crippen LogP contribution < -0.4 is 0 Å². The van der Waals surface area contributed by atoms with Crippen LogP contribution in [0, 0.1) is 0 Å². The Labute approximate surface area is 305 Å². The molecule has 7 aromatic carbocycles. The zero-order chi connectivity index (χ0) is 34.6. The smallest absolute Gasteiger partial charge is 0.161 e. The highest BCUT2D eigenvalue weighted by molar-refractivity contribution is 7.25. The molecule has 3 nitrogen and oxygen atoms in total. The van der Waals surface area contributed by atoms with E-state index < -0.39 is 0 Å². The molecular weight excluding hydrogens is 653 g/mol. The topological polar surface area (TPSA) is 38.9 Å². The van der Waals surface area contributed by atoms with E-state index in [0.29, 0.717) is 5.82 Å². The van der Waals surface area contributed by atoms with E-state index in [2.05, 4.69) is 153 Å². The number of hydrogen-bond donors (Lipinski definition) is 0. The summed E-state index contributed by atoms with van der Waals surface area (Å²) in [6.07, 6.45) is 3.15. The molecule has 3 aromatic heterocycles. The van der Waals surface area contributed by atoms with Gasteiger partial charge in [-0.2, -0.15) is 0 Å². The van der Waals surface area contributed by atoms with E-state index in [1.54, 1.807) is 0 Å². The lowest BCUT2D eigenvalue weighted by Crippen LogP contribution is -1.96. The van der Waals surface area contributed by atoms with Crippen LogP contribution in [0.3, 0.4) is 0 Å². The summed E-state index contributed by atoms with van der Waals surface area (Å²) < 4.78 is 9.43. The first kappa shape index (κ1) is 30.5. The third kappa shape index (κ3) is 5.11. The summed E-state index contributed by atoms with van der Waals surface area (Å²) in [4.78, 5) is 10.3. The highest BCUT2D eigenvalue weighted by Gasteiger charge is 2.19. The van der Waals surface area contributed by atoms with Crippen molar-refractivity contribution in [2.24, 2.45) is 0 Å². The highest BCUT2D eigenvalue weighted by atomic mass is 32.1. The first-order valence-electron chi connectivity index (χ1n) is 17.7. The molecule has 246 valence electrons. The Kier molecular flexibility index (Phi) is 7.29. The van der Waals surface area contributed by atoms with Crippen molar-refractivity contribution in [3.8, 4) is 33.8 Å². The Morgan fingerprint density at radius 1 is 0.577 bits per heavy atom. The molecule has 0 amide bonds. The van der Waals surface area contributed by atoms with Crippen LogP contribution in [0.15, 0.2) is 168 Å². The molecule has 0 aliphatic carbocycles. The molecule has 0 fully saturated rings. The molecule has 3 heterocycles. The van der Waals surface area contributed by atoms with E-state index >= 15 is 0 Å². The van der Waals surface area contributed by atoms with Crippen LogP contribution in [0.5, 0.6) is 0 Å². The maximum absolute atomic E-state index is 6.79. The first-order chi connectivity index (χ1) is 25.7. The largest absolute Gasteiger partial charge is 0.455 e. The zero-order valence-electron chi connectivity index (χ0n) is 28.5. The second-order valence-corrected chi connectivity index (χ2v) is 14.3. The first-order valence-corrected chi connectivity index (χ1v) is 18.5. The molecule has 0 N–H and O–H groups in total. The van der Waals surface area contributed by atoms with E-state index in [4.69, 9.17) is 14.4 Å². The van der Waals surface area contributed by atoms with Gasteiger partial charge in [-0.25, -0.2) is 9.97 Å². The lowest BCUT2D eigenvalue weighted by molar-refractivity contribution is 0.603. The fourth-order valence-electron chi connectivity index (χ4n) is 7.52. The van der Waals surface area contributed by atoms with Gasteiger partial charge < -0.3 is 4.42 Å². The Balaban J connectivity index is 1.07. The Hall–Kier alpha value is -6.36. The maximum Gasteiger partial charge on any atom is 0.161 e. The van der Waals surface area contributed by atoms with Gasteiger partial charge in [0.05, 0.1) is 11.2 Å². The van der Waals surface area contributed by atoms with Gasteiger partial charge in [0, 0.05) is 53.0 Å². The summed E-state index contributed by atoms with van der Waals surface area (Å²) in [5.74, 6) is 1.55. The molecule has 0 unspecified atom stereocenters. The molecule has 52 heavy (non-hydrogen) atoms. The molecule has 0 spiro atoms. The number of furan rings is 1. The second kappa shape index (κ2) is 12.4. The van der Waals surface area contributed by atoms with Crippen molar-refractivity contribution in [3.05, 3.63) is 175 Å². The fourth-order valence-corrected chi connectivity index (χ4v) is 8.66. The number of rotatable bonds is 6. The van der Waals surface area contributed by atoms with E-state index in [1.165, 1.54) is 31.3 Å².